The summed E-state index contributed by atoms with van der Waals surface area (Å²) in [6.45, 7) is 4.66. The molecule has 3 rings (SSSR count). The van der Waals surface area contributed by atoms with E-state index in [1.54, 1.807) is 17.8 Å². The molecule has 1 atom stereocenters. The maximum Gasteiger partial charge on any atom is 0.266 e. The number of hydrogen-bond donors (Lipinski definition) is 0. The quantitative estimate of drug-likeness (QED) is 0.584. The first kappa shape index (κ1) is 18.5. The molecule has 0 saturated heterocycles. The minimum atomic E-state index is -0.275. The van der Waals surface area contributed by atoms with Crippen molar-refractivity contribution in [3.05, 3.63) is 58.4 Å². The van der Waals surface area contributed by atoms with Gasteiger partial charge in [0.25, 0.3) is 5.91 Å². The predicted molar refractivity (Wildman–Crippen MR) is 103 cm³/mol. The van der Waals surface area contributed by atoms with Crippen molar-refractivity contribution in [2.45, 2.75) is 45.7 Å². The molecule has 0 radical (unpaired) electrons. The van der Waals surface area contributed by atoms with Crippen LogP contribution in [0.3, 0.4) is 0 Å². The number of halogens is 1. The number of carbonyl (C=O) groups excluding carboxylic acids is 1. The highest BCUT2D eigenvalue weighted by Gasteiger charge is 2.24. The Labute approximate surface area is 156 Å². The third kappa shape index (κ3) is 4.07. The van der Waals surface area contributed by atoms with Gasteiger partial charge in [0.05, 0.1) is 29.5 Å². The van der Waals surface area contributed by atoms with Gasteiger partial charge >= 0.3 is 0 Å². The SMILES string of the molecule is CCCC(CC)N(Cc1ccc2cc(F)ccc2n1)C(=O)c1cncs1. The van der Waals surface area contributed by atoms with Gasteiger partial charge in [-0.05, 0) is 37.1 Å². The van der Waals surface area contributed by atoms with Gasteiger partial charge in [0, 0.05) is 11.4 Å². The van der Waals surface area contributed by atoms with Crippen LogP contribution < -0.4 is 0 Å². The molecule has 2 heterocycles. The Bertz CT molecular complexity index is 882. The van der Waals surface area contributed by atoms with E-state index in [1.165, 1.54) is 23.5 Å². The summed E-state index contributed by atoms with van der Waals surface area (Å²) in [6.07, 6.45) is 4.46. The molecular weight excluding hydrogens is 349 g/mol. The van der Waals surface area contributed by atoms with Gasteiger partial charge < -0.3 is 4.90 Å². The molecule has 1 unspecified atom stereocenters. The number of nitrogens with zero attached hydrogens (tertiary/aromatic N) is 3. The molecule has 6 heteroatoms. The standard InChI is InChI=1S/C20H22FN3OS/c1-3-5-17(4-2)24(20(25)19-11-22-13-26-19)12-16-8-6-14-10-15(21)7-9-18(14)23-16/h6-11,13,17H,3-5,12H2,1-2H3. The van der Waals surface area contributed by atoms with Gasteiger partial charge in [-0.3, -0.25) is 14.8 Å². The average Bonchev–Trinajstić information content (AvgIpc) is 3.18. The molecule has 3 aromatic rings. The van der Waals surface area contributed by atoms with Crippen LogP contribution in [-0.2, 0) is 6.54 Å². The maximum absolute atomic E-state index is 13.4. The second kappa shape index (κ2) is 8.36. The summed E-state index contributed by atoms with van der Waals surface area (Å²) in [6, 6.07) is 8.43. The zero-order valence-electron chi connectivity index (χ0n) is 15.0. The second-order valence-corrected chi connectivity index (χ2v) is 7.18. The topological polar surface area (TPSA) is 46.1 Å². The molecule has 136 valence electrons. The van der Waals surface area contributed by atoms with Crippen LogP contribution in [0.25, 0.3) is 10.9 Å². The van der Waals surface area contributed by atoms with Crippen LogP contribution in [0, 0.1) is 5.82 Å². The molecule has 4 nitrogen and oxygen atoms in total. The Balaban J connectivity index is 1.91. The first-order chi connectivity index (χ1) is 12.6. The Hall–Kier alpha value is -2.34. The third-order valence-electron chi connectivity index (χ3n) is 4.48. The molecule has 0 aliphatic carbocycles. The number of hydrogen-bond acceptors (Lipinski definition) is 4. The molecule has 1 aromatic carbocycles. The molecule has 0 aliphatic rings. The number of aromatic nitrogens is 2. The number of thiazole rings is 1. The van der Waals surface area contributed by atoms with Gasteiger partial charge in [-0.25, -0.2) is 4.39 Å². The summed E-state index contributed by atoms with van der Waals surface area (Å²) in [4.78, 5) is 24.2. The largest absolute Gasteiger partial charge is 0.329 e. The normalized spacial score (nSPS) is 12.3. The minimum absolute atomic E-state index is 0.00574. The van der Waals surface area contributed by atoms with E-state index in [0.717, 1.165) is 35.9 Å². The molecule has 0 spiro atoms. The van der Waals surface area contributed by atoms with Crippen LogP contribution in [0.1, 0.15) is 48.5 Å². The van der Waals surface area contributed by atoms with Gasteiger partial charge in [0.2, 0.25) is 0 Å². The first-order valence-corrected chi connectivity index (χ1v) is 9.75. The fraction of sp³-hybridized carbons (Fsp3) is 0.350. The van der Waals surface area contributed by atoms with E-state index in [9.17, 15) is 9.18 Å². The number of fused-ring (bicyclic) bond motifs is 1. The van der Waals surface area contributed by atoms with Gasteiger partial charge in [-0.1, -0.05) is 26.3 Å². The van der Waals surface area contributed by atoms with Gasteiger partial charge in [-0.15, -0.1) is 11.3 Å². The van der Waals surface area contributed by atoms with Crippen molar-refractivity contribution in [3.8, 4) is 0 Å². The maximum atomic E-state index is 13.4. The number of pyridine rings is 1. The van der Waals surface area contributed by atoms with E-state index >= 15 is 0 Å². The Morgan fingerprint density at radius 3 is 2.81 bits per heavy atom. The van der Waals surface area contributed by atoms with E-state index in [0.29, 0.717) is 11.4 Å². The molecule has 2 aromatic heterocycles. The monoisotopic (exact) mass is 371 g/mol. The van der Waals surface area contributed by atoms with Crippen molar-refractivity contribution in [2.75, 3.05) is 0 Å². The summed E-state index contributed by atoms with van der Waals surface area (Å²) < 4.78 is 13.4. The van der Waals surface area contributed by atoms with Gasteiger partial charge in [0.1, 0.15) is 10.7 Å². The summed E-state index contributed by atoms with van der Waals surface area (Å²) in [7, 11) is 0. The molecule has 0 N–H and O–H groups in total. The summed E-state index contributed by atoms with van der Waals surface area (Å²) in [5, 5.41) is 0.759. The molecule has 0 bridgehead atoms. The lowest BCUT2D eigenvalue weighted by atomic mass is 10.1. The van der Waals surface area contributed by atoms with Crippen LogP contribution in [0.4, 0.5) is 4.39 Å². The van der Waals surface area contributed by atoms with Crippen molar-refractivity contribution in [3.63, 3.8) is 0 Å². The molecule has 0 aliphatic heterocycles. The first-order valence-electron chi connectivity index (χ1n) is 8.87. The molecule has 0 fully saturated rings. The Morgan fingerprint density at radius 2 is 2.12 bits per heavy atom. The smallest absolute Gasteiger partial charge is 0.266 e. The zero-order valence-corrected chi connectivity index (χ0v) is 15.8. The fourth-order valence-corrected chi connectivity index (χ4v) is 3.72. The average molecular weight is 371 g/mol. The molecule has 0 saturated carbocycles. The molecule has 1 amide bonds. The summed E-state index contributed by atoms with van der Waals surface area (Å²) >= 11 is 1.36. The minimum Gasteiger partial charge on any atom is -0.329 e. The lowest BCUT2D eigenvalue weighted by Crippen LogP contribution is -2.39. The molecular formula is C20H22FN3OS. The zero-order chi connectivity index (χ0) is 18.5. The van der Waals surface area contributed by atoms with Crippen LogP contribution in [-0.4, -0.2) is 26.8 Å². The summed E-state index contributed by atoms with van der Waals surface area (Å²) in [5.74, 6) is -0.281. The van der Waals surface area contributed by atoms with E-state index in [2.05, 4.69) is 23.8 Å². The van der Waals surface area contributed by atoms with Crippen molar-refractivity contribution in [2.24, 2.45) is 0 Å². The third-order valence-corrected chi connectivity index (χ3v) is 5.24. The van der Waals surface area contributed by atoms with Crippen LogP contribution in [0.2, 0.25) is 0 Å². The molecule has 26 heavy (non-hydrogen) atoms. The van der Waals surface area contributed by atoms with E-state index in [-0.39, 0.29) is 17.8 Å². The lowest BCUT2D eigenvalue weighted by Gasteiger charge is -2.30. The number of amides is 1. The number of carbonyl (C=O) groups is 1. The van der Waals surface area contributed by atoms with Crippen LogP contribution in [0.5, 0.6) is 0 Å². The van der Waals surface area contributed by atoms with Crippen molar-refractivity contribution >= 4 is 28.1 Å². The number of benzene rings is 1. The van der Waals surface area contributed by atoms with Crippen molar-refractivity contribution < 1.29 is 9.18 Å². The Kier molecular flexibility index (Phi) is 5.93. The van der Waals surface area contributed by atoms with Crippen molar-refractivity contribution in [1.82, 2.24) is 14.9 Å². The highest BCUT2D eigenvalue weighted by atomic mass is 32.1. The van der Waals surface area contributed by atoms with Crippen molar-refractivity contribution in [1.29, 1.82) is 0 Å². The lowest BCUT2D eigenvalue weighted by molar-refractivity contribution is 0.0646. The van der Waals surface area contributed by atoms with E-state index in [1.807, 2.05) is 17.0 Å². The predicted octanol–water partition coefficient (Wildman–Crippen LogP) is 5.05. The van der Waals surface area contributed by atoms with E-state index < -0.39 is 0 Å². The van der Waals surface area contributed by atoms with Crippen LogP contribution >= 0.6 is 11.3 Å². The van der Waals surface area contributed by atoms with Gasteiger partial charge in [-0.2, -0.15) is 0 Å². The van der Waals surface area contributed by atoms with Gasteiger partial charge in [0.15, 0.2) is 0 Å². The number of rotatable bonds is 7. The highest BCUT2D eigenvalue weighted by molar-refractivity contribution is 7.11. The summed E-state index contributed by atoms with van der Waals surface area (Å²) in [5.41, 5.74) is 3.21. The fourth-order valence-electron chi connectivity index (χ4n) is 3.14. The Morgan fingerprint density at radius 1 is 1.27 bits per heavy atom. The second-order valence-electron chi connectivity index (χ2n) is 6.29. The van der Waals surface area contributed by atoms with E-state index in [4.69, 9.17) is 0 Å². The van der Waals surface area contributed by atoms with Crippen LogP contribution in [0.15, 0.2) is 42.0 Å². The highest BCUT2D eigenvalue weighted by Crippen LogP contribution is 2.21.